The van der Waals surface area contributed by atoms with Crippen molar-refractivity contribution in [3.8, 4) is 5.69 Å². The Morgan fingerprint density at radius 1 is 1.14 bits per heavy atom. The second-order valence-electron chi connectivity index (χ2n) is 4.23. The number of primary sulfonamides is 1. The van der Waals surface area contributed by atoms with Gasteiger partial charge < -0.3 is 0 Å². The number of para-hydroxylation sites is 1. The average Bonchev–Trinajstić information content (AvgIpc) is 2.80. The van der Waals surface area contributed by atoms with Gasteiger partial charge in [0, 0.05) is 12.1 Å². The van der Waals surface area contributed by atoms with Gasteiger partial charge >= 0.3 is 6.18 Å². The lowest BCUT2D eigenvalue weighted by atomic mass is 10.2. The maximum Gasteiger partial charge on any atom is 0.389 e. The van der Waals surface area contributed by atoms with Gasteiger partial charge in [-0.25, -0.2) is 13.6 Å². The maximum atomic E-state index is 12.3. The van der Waals surface area contributed by atoms with Crippen molar-refractivity contribution in [3.05, 3.63) is 36.2 Å². The van der Waals surface area contributed by atoms with Crippen LogP contribution < -0.4 is 5.14 Å². The van der Waals surface area contributed by atoms with E-state index < -0.39 is 34.2 Å². The van der Waals surface area contributed by atoms with E-state index in [1.54, 1.807) is 18.2 Å². The summed E-state index contributed by atoms with van der Waals surface area (Å²) in [6, 6.07) is 7.94. The summed E-state index contributed by atoms with van der Waals surface area (Å²) in [7, 11) is -4.21. The molecule has 21 heavy (non-hydrogen) atoms. The Bertz CT molecular complexity index is 726. The van der Waals surface area contributed by atoms with Gasteiger partial charge in [-0.3, -0.25) is 4.57 Å². The number of hydrogen-bond acceptors (Lipinski definition) is 4. The molecule has 0 aliphatic heterocycles. The van der Waals surface area contributed by atoms with Crippen LogP contribution in [0.25, 0.3) is 5.69 Å². The largest absolute Gasteiger partial charge is 0.389 e. The van der Waals surface area contributed by atoms with Crippen LogP contribution in [-0.4, -0.2) is 29.4 Å². The Balaban J connectivity index is 2.50. The fourth-order valence-corrected chi connectivity index (χ4v) is 2.36. The van der Waals surface area contributed by atoms with Gasteiger partial charge in [-0.15, -0.1) is 10.2 Å². The lowest BCUT2D eigenvalue weighted by Gasteiger charge is -2.10. The van der Waals surface area contributed by atoms with Crippen molar-refractivity contribution in [2.24, 2.45) is 5.14 Å². The van der Waals surface area contributed by atoms with Gasteiger partial charge in [-0.1, -0.05) is 18.2 Å². The minimum absolute atomic E-state index is 0.123. The summed E-state index contributed by atoms with van der Waals surface area (Å²) in [5.41, 5.74) is 0.323. The van der Waals surface area contributed by atoms with Crippen LogP contribution in [0.15, 0.2) is 35.5 Å². The monoisotopic (exact) mass is 320 g/mol. The van der Waals surface area contributed by atoms with Gasteiger partial charge in [0.2, 0.25) is 0 Å². The van der Waals surface area contributed by atoms with Crippen molar-refractivity contribution < 1.29 is 21.6 Å². The molecule has 0 amide bonds. The average molecular weight is 320 g/mol. The van der Waals surface area contributed by atoms with Crippen LogP contribution in [0.5, 0.6) is 0 Å². The van der Waals surface area contributed by atoms with E-state index in [1.165, 1.54) is 12.1 Å². The number of nitrogens with zero attached hydrogens (tertiary/aromatic N) is 3. The van der Waals surface area contributed by atoms with Gasteiger partial charge in [0.25, 0.3) is 15.2 Å². The minimum Gasteiger partial charge on any atom is -0.269 e. The molecule has 1 aromatic heterocycles. The number of nitrogens with two attached hydrogens (primary N) is 1. The molecule has 0 unspecified atom stereocenters. The molecule has 6 nitrogen and oxygen atoms in total. The third-order valence-electron chi connectivity index (χ3n) is 2.60. The summed E-state index contributed by atoms with van der Waals surface area (Å²) in [6.07, 6.45) is -6.02. The van der Waals surface area contributed by atoms with E-state index >= 15 is 0 Å². The van der Waals surface area contributed by atoms with Crippen molar-refractivity contribution in [1.29, 1.82) is 0 Å². The number of sulfonamides is 1. The summed E-state index contributed by atoms with van der Waals surface area (Å²) in [5.74, 6) is -0.123. The quantitative estimate of drug-likeness (QED) is 0.922. The van der Waals surface area contributed by atoms with Crippen molar-refractivity contribution in [2.75, 3.05) is 0 Å². The molecular formula is C11H11F3N4O2S. The normalized spacial score (nSPS) is 12.6. The van der Waals surface area contributed by atoms with Gasteiger partial charge in [-0.2, -0.15) is 13.2 Å². The Kier molecular flexibility index (Phi) is 4.01. The zero-order valence-electron chi connectivity index (χ0n) is 10.6. The Morgan fingerprint density at radius 2 is 1.76 bits per heavy atom. The van der Waals surface area contributed by atoms with E-state index in [2.05, 4.69) is 10.2 Å². The smallest absolute Gasteiger partial charge is 0.269 e. The van der Waals surface area contributed by atoms with Crippen molar-refractivity contribution in [1.82, 2.24) is 14.8 Å². The third-order valence-corrected chi connectivity index (χ3v) is 3.37. The predicted molar refractivity (Wildman–Crippen MR) is 67.1 cm³/mol. The number of benzene rings is 1. The molecule has 0 radical (unpaired) electrons. The molecule has 0 aliphatic carbocycles. The van der Waals surface area contributed by atoms with Crippen LogP contribution in [0.2, 0.25) is 0 Å². The lowest BCUT2D eigenvalue weighted by molar-refractivity contribution is -0.134. The molecule has 0 atom stereocenters. The van der Waals surface area contributed by atoms with E-state index in [4.69, 9.17) is 5.14 Å². The third kappa shape index (κ3) is 3.79. The first-order valence-electron chi connectivity index (χ1n) is 5.78. The topological polar surface area (TPSA) is 90.9 Å². The SMILES string of the molecule is NS(=O)(=O)c1nnc(CCC(F)(F)F)n1-c1ccccc1. The van der Waals surface area contributed by atoms with Crippen LogP contribution in [0.1, 0.15) is 12.2 Å². The van der Waals surface area contributed by atoms with Crippen molar-refractivity contribution >= 4 is 10.0 Å². The molecule has 2 N–H and O–H groups in total. The first-order chi connectivity index (χ1) is 9.68. The van der Waals surface area contributed by atoms with Crippen LogP contribution in [0.3, 0.4) is 0 Å². The van der Waals surface area contributed by atoms with Gasteiger partial charge in [-0.05, 0) is 12.1 Å². The Morgan fingerprint density at radius 3 is 2.29 bits per heavy atom. The first kappa shape index (κ1) is 15.4. The molecule has 1 heterocycles. The van der Waals surface area contributed by atoms with Crippen LogP contribution in [-0.2, 0) is 16.4 Å². The van der Waals surface area contributed by atoms with Gasteiger partial charge in [0.15, 0.2) is 0 Å². The van der Waals surface area contributed by atoms with E-state index in [1.807, 2.05) is 0 Å². The highest BCUT2D eigenvalue weighted by atomic mass is 32.2. The fraction of sp³-hybridized carbons (Fsp3) is 0.273. The fourth-order valence-electron chi connectivity index (χ4n) is 1.74. The molecule has 0 spiro atoms. The van der Waals surface area contributed by atoms with Gasteiger partial charge in [0.05, 0.1) is 6.42 Å². The molecule has 1 aromatic carbocycles. The lowest BCUT2D eigenvalue weighted by Crippen LogP contribution is -2.19. The second kappa shape index (κ2) is 5.45. The number of aromatic nitrogens is 3. The molecule has 2 rings (SSSR count). The van der Waals surface area contributed by atoms with Gasteiger partial charge in [0.1, 0.15) is 5.82 Å². The molecule has 10 heteroatoms. The zero-order chi connectivity index (χ0) is 15.7. The molecular weight excluding hydrogens is 309 g/mol. The molecule has 0 saturated carbocycles. The molecule has 0 fully saturated rings. The van der Waals surface area contributed by atoms with E-state index in [9.17, 15) is 21.6 Å². The highest BCUT2D eigenvalue weighted by Gasteiger charge is 2.29. The Labute approximate surface area is 118 Å². The summed E-state index contributed by atoms with van der Waals surface area (Å²) >= 11 is 0. The molecule has 0 bridgehead atoms. The molecule has 2 aromatic rings. The standard InChI is InChI=1S/C11H11F3N4O2S/c12-11(13,14)7-6-9-16-17-10(21(15,19)20)18(9)8-4-2-1-3-5-8/h1-5H,6-7H2,(H2,15,19,20). The van der Waals surface area contributed by atoms with E-state index in [0.29, 0.717) is 5.69 Å². The number of halogens is 3. The number of hydrogen-bond donors (Lipinski definition) is 1. The molecule has 114 valence electrons. The minimum atomic E-state index is -4.38. The van der Waals surface area contributed by atoms with E-state index in [-0.39, 0.29) is 5.82 Å². The van der Waals surface area contributed by atoms with Crippen molar-refractivity contribution in [3.63, 3.8) is 0 Å². The number of aryl methyl sites for hydroxylation is 1. The highest BCUT2D eigenvalue weighted by molar-refractivity contribution is 7.89. The summed E-state index contributed by atoms with van der Waals surface area (Å²) < 4.78 is 60.9. The zero-order valence-corrected chi connectivity index (χ0v) is 11.4. The predicted octanol–water partition coefficient (Wildman–Crippen LogP) is 1.41. The van der Waals surface area contributed by atoms with Crippen LogP contribution in [0.4, 0.5) is 13.2 Å². The second-order valence-corrected chi connectivity index (χ2v) is 5.69. The number of rotatable bonds is 4. The number of alkyl halides is 3. The first-order valence-corrected chi connectivity index (χ1v) is 7.32. The molecule has 0 saturated heterocycles. The van der Waals surface area contributed by atoms with Crippen LogP contribution in [0, 0.1) is 0 Å². The summed E-state index contributed by atoms with van der Waals surface area (Å²) in [5, 5.41) is 11.3. The van der Waals surface area contributed by atoms with Crippen molar-refractivity contribution in [2.45, 2.75) is 24.2 Å². The summed E-state index contributed by atoms with van der Waals surface area (Å²) in [6.45, 7) is 0. The van der Waals surface area contributed by atoms with Crippen LogP contribution >= 0.6 is 0 Å². The maximum absolute atomic E-state index is 12.3. The highest BCUT2D eigenvalue weighted by Crippen LogP contribution is 2.23. The summed E-state index contributed by atoms with van der Waals surface area (Å²) in [4.78, 5) is 0. The van der Waals surface area contributed by atoms with E-state index in [0.717, 1.165) is 4.57 Å². The molecule has 0 aliphatic rings. The Hall–Kier alpha value is -1.94.